The fraction of sp³-hybridized carbons (Fsp3) is 0.500. The van der Waals surface area contributed by atoms with E-state index in [0.29, 0.717) is 13.2 Å². The van der Waals surface area contributed by atoms with Crippen LogP contribution in [0.25, 0.3) is 0 Å². The van der Waals surface area contributed by atoms with Crippen molar-refractivity contribution in [3.05, 3.63) is 70.8 Å². The summed E-state index contributed by atoms with van der Waals surface area (Å²) in [6, 6.07) is 17.8. The molecule has 0 aromatic heterocycles. The summed E-state index contributed by atoms with van der Waals surface area (Å²) in [7, 11) is 0. The Balaban J connectivity index is 1.69. The zero-order valence-electron chi connectivity index (χ0n) is 16.1. The molecule has 1 nitrogen and oxygen atoms in total. The molecule has 2 aromatic rings. The van der Waals surface area contributed by atoms with Crippen LogP contribution in [0.5, 0.6) is 0 Å². The van der Waals surface area contributed by atoms with Gasteiger partial charge in [-0.15, -0.1) is 0 Å². The zero-order chi connectivity index (χ0) is 17.7. The number of hydrogen-bond acceptors (Lipinski definition) is 1. The zero-order valence-corrected chi connectivity index (χ0v) is 16.1. The minimum absolute atomic E-state index is 0.688. The van der Waals surface area contributed by atoms with Crippen LogP contribution >= 0.6 is 0 Å². The van der Waals surface area contributed by atoms with Crippen molar-refractivity contribution in [2.24, 2.45) is 0 Å². The van der Waals surface area contributed by atoms with Crippen LogP contribution in [-0.2, 0) is 30.8 Å². The Morgan fingerprint density at radius 2 is 0.880 bits per heavy atom. The molecular formula is C24H34O. The van der Waals surface area contributed by atoms with Crippen LogP contribution in [0.2, 0.25) is 0 Å². The number of unbranched alkanes of at least 4 members (excludes halogenated alkanes) is 4. The van der Waals surface area contributed by atoms with Crippen LogP contribution in [-0.4, -0.2) is 0 Å². The lowest BCUT2D eigenvalue weighted by Gasteiger charge is -2.07. The van der Waals surface area contributed by atoms with E-state index in [1.54, 1.807) is 0 Å². The van der Waals surface area contributed by atoms with E-state index in [9.17, 15) is 0 Å². The van der Waals surface area contributed by atoms with Gasteiger partial charge in [0.1, 0.15) is 0 Å². The largest absolute Gasteiger partial charge is 0.372 e. The van der Waals surface area contributed by atoms with Gasteiger partial charge in [0.25, 0.3) is 0 Å². The summed E-state index contributed by atoms with van der Waals surface area (Å²) >= 11 is 0. The second-order valence-electron chi connectivity index (χ2n) is 7.04. The molecule has 0 radical (unpaired) electrons. The van der Waals surface area contributed by atoms with Gasteiger partial charge < -0.3 is 4.74 Å². The third-order valence-corrected chi connectivity index (χ3v) is 4.72. The van der Waals surface area contributed by atoms with Gasteiger partial charge in [0, 0.05) is 0 Å². The van der Waals surface area contributed by atoms with E-state index in [1.165, 1.54) is 73.6 Å². The van der Waals surface area contributed by atoms with E-state index in [2.05, 4.69) is 62.4 Å². The summed E-state index contributed by atoms with van der Waals surface area (Å²) in [5, 5.41) is 0. The first-order valence-electron chi connectivity index (χ1n) is 10.0. The van der Waals surface area contributed by atoms with E-state index in [0.717, 1.165) is 0 Å². The molecule has 2 rings (SSSR count). The number of rotatable bonds is 12. The van der Waals surface area contributed by atoms with Crippen molar-refractivity contribution in [2.45, 2.75) is 78.4 Å². The van der Waals surface area contributed by atoms with E-state index in [1.807, 2.05) is 0 Å². The van der Waals surface area contributed by atoms with Gasteiger partial charge in [-0.3, -0.25) is 0 Å². The molecule has 0 heterocycles. The molecule has 2 aromatic carbocycles. The smallest absolute Gasteiger partial charge is 0.0721 e. The molecule has 136 valence electrons. The lowest BCUT2D eigenvalue weighted by molar-refractivity contribution is 0.107. The van der Waals surface area contributed by atoms with Gasteiger partial charge in [-0.25, -0.2) is 0 Å². The minimum atomic E-state index is 0.688. The molecule has 0 N–H and O–H groups in total. The van der Waals surface area contributed by atoms with Crippen molar-refractivity contribution in [3.63, 3.8) is 0 Å². The molecule has 0 saturated heterocycles. The minimum Gasteiger partial charge on any atom is -0.372 e. The number of benzene rings is 2. The monoisotopic (exact) mass is 338 g/mol. The SMILES string of the molecule is CCCCCc1ccc(COCc2ccc(CCCCC)cc2)cc1. The van der Waals surface area contributed by atoms with Crippen molar-refractivity contribution in [1.29, 1.82) is 0 Å². The summed E-state index contributed by atoms with van der Waals surface area (Å²) in [5.41, 5.74) is 5.40. The normalized spacial score (nSPS) is 11.0. The van der Waals surface area contributed by atoms with Crippen molar-refractivity contribution in [1.82, 2.24) is 0 Å². The molecule has 0 fully saturated rings. The Hall–Kier alpha value is -1.60. The Morgan fingerprint density at radius 3 is 1.24 bits per heavy atom. The molecule has 1 heteroatoms. The molecular weight excluding hydrogens is 304 g/mol. The maximum atomic E-state index is 5.88. The average Bonchev–Trinajstić information content (AvgIpc) is 2.65. The van der Waals surface area contributed by atoms with Gasteiger partial charge in [-0.2, -0.15) is 0 Å². The first-order valence-corrected chi connectivity index (χ1v) is 10.0. The van der Waals surface area contributed by atoms with Crippen LogP contribution in [0.4, 0.5) is 0 Å². The van der Waals surface area contributed by atoms with Crippen molar-refractivity contribution in [3.8, 4) is 0 Å². The highest BCUT2D eigenvalue weighted by atomic mass is 16.5. The summed E-state index contributed by atoms with van der Waals surface area (Å²) in [6.45, 7) is 5.88. The predicted molar refractivity (Wildman–Crippen MR) is 108 cm³/mol. The topological polar surface area (TPSA) is 9.23 Å². The van der Waals surface area contributed by atoms with Crippen LogP contribution in [0.1, 0.15) is 74.6 Å². The lowest BCUT2D eigenvalue weighted by atomic mass is 10.1. The maximum Gasteiger partial charge on any atom is 0.0721 e. The molecule has 0 aliphatic carbocycles. The molecule has 0 spiro atoms. The van der Waals surface area contributed by atoms with Crippen LogP contribution < -0.4 is 0 Å². The lowest BCUT2D eigenvalue weighted by Crippen LogP contribution is -1.95. The third kappa shape index (κ3) is 7.88. The molecule has 0 amide bonds. The summed E-state index contributed by atoms with van der Waals surface area (Å²) in [4.78, 5) is 0. The number of aryl methyl sites for hydroxylation is 2. The van der Waals surface area contributed by atoms with Gasteiger partial charge in [0.05, 0.1) is 13.2 Å². The van der Waals surface area contributed by atoms with Crippen molar-refractivity contribution in [2.75, 3.05) is 0 Å². The predicted octanol–water partition coefficient (Wildman–Crippen LogP) is 6.87. The van der Waals surface area contributed by atoms with Gasteiger partial charge in [0.2, 0.25) is 0 Å². The average molecular weight is 339 g/mol. The highest BCUT2D eigenvalue weighted by Gasteiger charge is 1.99. The van der Waals surface area contributed by atoms with Gasteiger partial charge >= 0.3 is 0 Å². The number of hydrogen-bond donors (Lipinski definition) is 0. The van der Waals surface area contributed by atoms with Crippen LogP contribution in [0.3, 0.4) is 0 Å². The summed E-state index contributed by atoms with van der Waals surface area (Å²) in [6.07, 6.45) is 10.2. The quantitative estimate of drug-likeness (QED) is 0.384. The van der Waals surface area contributed by atoms with Gasteiger partial charge in [-0.1, -0.05) is 88.1 Å². The third-order valence-electron chi connectivity index (χ3n) is 4.72. The highest BCUT2D eigenvalue weighted by molar-refractivity contribution is 5.23. The van der Waals surface area contributed by atoms with Crippen LogP contribution in [0, 0.1) is 0 Å². The van der Waals surface area contributed by atoms with E-state index >= 15 is 0 Å². The van der Waals surface area contributed by atoms with E-state index in [4.69, 9.17) is 4.74 Å². The molecule has 0 saturated carbocycles. The first-order chi connectivity index (χ1) is 12.3. The summed E-state index contributed by atoms with van der Waals surface area (Å²) < 4.78 is 5.88. The van der Waals surface area contributed by atoms with Gasteiger partial charge in [-0.05, 0) is 47.9 Å². The van der Waals surface area contributed by atoms with Crippen LogP contribution in [0.15, 0.2) is 48.5 Å². The fourth-order valence-electron chi connectivity index (χ4n) is 3.05. The molecule has 0 bridgehead atoms. The fourth-order valence-corrected chi connectivity index (χ4v) is 3.05. The standard InChI is InChI=1S/C24H34O/c1-3-5-7-9-21-11-15-23(16-12-21)19-25-20-24-17-13-22(14-18-24)10-8-6-4-2/h11-18H,3-10,19-20H2,1-2H3. The Labute approximate surface area is 154 Å². The Bertz CT molecular complexity index is 515. The second kappa shape index (κ2) is 11.9. The molecule has 0 atom stereocenters. The first kappa shape index (κ1) is 19.7. The van der Waals surface area contributed by atoms with Crippen molar-refractivity contribution >= 4 is 0 Å². The Morgan fingerprint density at radius 1 is 0.520 bits per heavy atom. The molecule has 0 aliphatic rings. The Kier molecular flexibility index (Phi) is 9.36. The molecule has 25 heavy (non-hydrogen) atoms. The number of ether oxygens (including phenoxy) is 1. The second-order valence-corrected chi connectivity index (χ2v) is 7.04. The van der Waals surface area contributed by atoms with E-state index in [-0.39, 0.29) is 0 Å². The maximum absolute atomic E-state index is 5.88. The van der Waals surface area contributed by atoms with E-state index < -0.39 is 0 Å². The highest BCUT2D eigenvalue weighted by Crippen LogP contribution is 2.12. The summed E-state index contributed by atoms with van der Waals surface area (Å²) in [5.74, 6) is 0. The molecule has 0 aliphatic heterocycles. The van der Waals surface area contributed by atoms with Crippen molar-refractivity contribution < 1.29 is 4.74 Å². The van der Waals surface area contributed by atoms with Gasteiger partial charge in [0.15, 0.2) is 0 Å². The molecule has 0 unspecified atom stereocenters.